The average Bonchev–Trinajstić information content (AvgIpc) is 2.61. The van der Waals surface area contributed by atoms with Crippen LogP contribution in [0.2, 0.25) is 0 Å². The summed E-state index contributed by atoms with van der Waals surface area (Å²) in [5, 5.41) is 2.50. The molecule has 1 rings (SSSR count). The van der Waals surface area contributed by atoms with Crippen molar-refractivity contribution >= 4 is 18.1 Å². The summed E-state index contributed by atoms with van der Waals surface area (Å²) in [7, 11) is 0. The van der Waals surface area contributed by atoms with E-state index in [0.717, 1.165) is 5.56 Å². The third-order valence-corrected chi connectivity index (χ3v) is 4.02. The highest BCUT2D eigenvalue weighted by Crippen LogP contribution is 2.16. The summed E-state index contributed by atoms with van der Waals surface area (Å²) >= 11 is 0. The first-order valence-electron chi connectivity index (χ1n) is 10.0. The Bertz CT molecular complexity index is 664. The molecule has 0 unspecified atom stereocenters. The maximum Gasteiger partial charge on any atom is 0.408 e. The Labute approximate surface area is 174 Å². The second-order valence-electron chi connectivity index (χ2n) is 8.36. The molecule has 0 aromatic heterocycles. The van der Waals surface area contributed by atoms with Crippen molar-refractivity contribution in [1.29, 1.82) is 0 Å². The van der Waals surface area contributed by atoms with Crippen molar-refractivity contribution in [3.8, 4) is 0 Å². The number of alkyl carbamates (subject to hydrolysis) is 1. The zero-order chi connectivity index (χ0) is 22.0. The Morgan fingerprint density at radius 2 is 1.69 bits per heavy atom. The number of ether oxygens (including phenoxy) is 3. The van der Waals surface area contributed by atoms with Crippen molar-refractivity contribution < 1.29 is 23.8 Å². The lowest BCUT2D eigenvalue weighted by Gasteiger charge is -2.28. The molecule has 0 aliphatic rings. The van der Waals surface area contributed by atoms with Crippen molar-refractivity contribution in [2.75, 3.05) is 6.61 Å². The fourth-order valence-electron chi connectivity index (χ4n) is 2.60. The van der Waals surface area contributed by atoms with Gasteiger partial charge in [0.25, 0.3) is 0 Å². The highest BCUT2D eigenvalue weighted by molar-refractivity contribution is 5.81. The Hall–Kier alpha value is -2.34. The number of rotatable bonds is 9. The number of carbonyl (C=O) groups is 2. The fourth-order valence-corrected chi connectivity index (χ4v) is 2.60. The third kappa shape index (κ3) is 10.1. The molecule has 0 radical (unpaired) electrons. The summed E-state index contributed by atoms with van der Waals surface area (Å²) in [5.41, 5.74) is 0.460. The number of hydrogen-bond donors (Lipinski definition) is 1. The molecule has 3 atom stereocenters. The molecule has 1 aromatic carbocycles. The van der Waals surface area contributed by atoms with Gasteiger partial charge in [0.2, 0.25) is 0 Å². The third-order valence-electron chi connectivity index (χ3n) is 4.02. The van der Waals surface area contributed by atoms with Crippen LogP contribution >= 0.6 is 0 Å². The van der Waals surface area contributed by atoms with Gasteiger partial charge in [0.1, 0.15) is 17.7 Å². The van der Waals surface area contributed by atoms with Crippen LogP contribution in [0.3, 0.4) is 0 Å². The second kappa shape index (κ2) is 11.6. The summed E-state index contributed by atoms with van der Waals surface area (Å²) < 4.78 is 16.6. The lowest BCUT2D eigenvalue weighted by Crippen LogP contribution is -2.45. The standard InChI is InChI=1S/C23H35NO5/c1-16(2)20(18(4)27-15-11-14-19-12-9-8-10-13-19)28-21(25)17(3)24-22(26)29-23(5,6)7/h8-14,16-18,20H,15H2,1-7H3,(H,24,26)/b14-11+/t17-,18-,20+/m0/s1. The molecule has 6 heteroatoms. The Morgan fingerprint density at radius 3 is 2.24 bits per heavy atom. The number of carbonyl (C=O) groups excluding carboxylic acids is 2. The second-order valence-corrected chi connectivity index (χ2v) is 8.36. The Morgan fingerprint density at radius 1 is 1.07 bits per heavy atom. The maximum absolute atomic E-state index is 12.4. The summed E-state index contributed by atoms with van der Waals surface area (Å²) in [6.07, 6.45) is 2.52. The molecule has 0 heterocycles. The largest absolute Gasteiger partial charge is 0.458 e. The minimum Gasteiger partial charge on any atom is -0.458 e. The van der Waals surface area contributed by atoms with E-state index in [1.807, 2.05) is 63.3 Å². The van der Waals surface area contributed by atoms with Crippen molar-refractivity contribution in [2.24, 2.45) is 5.92 Å². The van der Waals surface area contributed by atoms with Crippen LogP contribution < -0.4 is 5.32 Å². The van der Waals surface area contributed by atoms with Crippen LogP contribution in [0.5, 0.6) is 0 Å². The predicted molar refractivity (Wildman–Crippen MR) is 114 cm³/mol. The normalized spacial score (nSPS) is 15.0. The van der Waals surface area contributed by atoms with Gasteiger partial charge in [0.05, 0.1) is 12.7 Å². The zero-order valence-electron chi connectivity index (χ0n) is 18.6. The van der Waals surface area contributed by atoms with Gasteiger partial charge in [0, 0.05) is 0 Å². The van der Waals surface area contributed by atoms with Gasteiger partial charge in [-0.1, -0.05) is 56.3 Å². The smallest absolute Gasteiger partial charge is 0.408 e. The van der Waals surface area contributed by atoms with Gasteiger partial charge in [-0.05, 0) is 46.1 Å². The maximum atomic E-state index is 12.4. The van der Waals surface area contributed by atoms with E-state index in [1.165, 1.54) is 0 Å². The van der Waals surface area contributed by atoms with Gasteiger partial charge >= 0.3 is 12.1 Å². The van der Waals surface area contributed by atoms with Gasteiger partial charge < -0.3 is 19.5 Å². The van der Waals surface area contributed by atoms with Gasteiger partial charge in [0.15, 0.2) is 0 Å². The lowest BCUT2D eigenvalue weighted by molar-refractivity contribution is -0.162. The average molecular weight is 406 g/mol. The summed E-state index contributed by atoms with van der Waals surface area (Å²) in [6, 6.07) is 9.12. The van der Waals surface area contributed by atoms with Crippen LogP contribution in [-0.4, -0.2) is 42.5 Å². The molecule has 1 aromatic rings. The highest BCUT2D eigenvalue weighted by atomic mass is 16.6. The summed E-state index contributed by atoms with van der Waals surface area (Å²) in [5.74, 6) is -0.467. The fraction of sp³-hybridized carbons (Fsp3) is 0.565. The number of hydrogen-bond acceptors (Lipinski definition) is 5. The van der Waals surface area contributed by atoms with E-state index in [1.54, 1.807) is 27.7 Å². The molecule has 0 aliphatic heterocycles. The molecule has 0 fully saturated rings. The van der Waals surface area contributed by atoms with Gasteiger partial charge in [-0.2, -0.15) is 0 Å². The molecular weight excluding hydrogens is 370 g/mol. The molecule has 162 valence electrons. The highest BCUT2D eigenvalue weighted by Gasteiger charge is 2.29. The first-order valence-corrected chi connectivity index (χ1v) is 10.0. The first kappa shape index (κ1) is 24.7. The van der Waals surface area contributed by atoms with Crippen molar-refractivity contribution in [3.05, 3.63) is 42.0 Å². The van der Waals surface area contributed by atoms with E-state index < -0.39 is 29.8 Å². The first-order chi connectivity index (χ1) is 13.5. The van der Waals surface area contributed by atoms with E-state index >= 15 is 0 Å². The van der Waals surface area contributed by atoms with Gasteiger partial charge in [-0.15, -0.1) is 0 Å². The van der Waals surface area contributed by atoms with Crippen molar-refractivity contribution in [1.82, 2.24) is 5.32 Å². The molecule has 6 nitrogen and oxygen atoms in total. The van der Waals surface area contributed by atoms with Crippen molar-refractivity contribution in [2.45, 2.75) is 72.3 Å². The van der Waals surface area contributed by atoms with E-state index in [4.69, 9.17) is 14.2 Å². The minimum absolute atomic E-state index is 0.0563. The van der Waals surface area contributed by atoms with E-state index in [9.17, 15) is 9.59 Å². The number of nitrogens with one attached hydrogen (secondary N) is 1. The van der Waals surface area contributed by atoms with E-state index in [2.05, 4.69) is 5.32 Å². The van der Waals surface area contributed by atoms with Gasteiger partial charge in [-0.3, -0.25) is 0 Å². The van der Waals surface area contributed by atoms with E-state index in [0.29, 0.717) is 6.61 Å². The quantitative estimate of drug-likeness (QED) is 0.609. The summed E-state index contributed by atoms with van der Waals surface area (Å²) in [6.45, 7) is 13.1. The molecular formula is C23H35NO5. The van der Waals surface area contributed by atoms with Crippen LogP contribution in [0.15, 0.2) is 36.4 Å². The molecule has 1 N–H and O–H groups in total. The molecule has 0 saturated heterocycles. The Balaban J connectivity index is 2.54. The predicted octanol–water partition coefficient (Wildman–Crippen LogP) is 4.59. The van der Waals surface area contributed by atoms with Crippen LogP contribution in [0, 0.1) is 5.92 Å². The topological polar surface area (TPSA) is 73.9 Å². The zero-order valence-corrected chi connectivity index (χ0v) is 18.6. The Kier molecular flexibility index (Phi) is 9.89. The van der Waals surface area contributed by atoms with Crippen LogP contribution in [0.25, 0.3) is 6.08 Å². The van der Waals surface area contributed by atoms with Gasteiger partial charge in [-0.25, -0.2) is 9.59 Å². The molecule has 1 amide bonds. The molecule has 29 heavy (non-hydrogen) atoms. The van der Waals surface area contributed by atoms with Crippen LogP contribution in [-0.2, 0) is 19.0 Å². The number of amides is 1. The molecule has 0 bridgehead atoms. The van der Waals surface area contributed by atoms with Crippen LogP contribution in [0.1, 0.15) is 54.0 Å². The number of benzene rings is 1. The monoisotopic (exact) mass is 405 g/mol. The molecule has 0 saturated carbocycles. The lowest BCUT2D eigenvalue weighted by atomic mass is 10.0. The summed E-state index contributed by atoms with van der Waals surface area (Å²) in [4.78, 5) is 24.3. The van der Waals surface area contributed by atoms with Crippen molar-refractivity contribution in [3.63, 3.8) is 0 Å². The van der Waals surface area contributed by atoms with Crippen LogP contribution in [0.4, 0.5) is 4.79 Å². The molecule has 0 spiro atoms. The van der Waals surface area contributed by atoms with E-state index in [-0.39, 0.29) is 12.0 Å². The minimum atomic E-state index is -0.823. The molecule has 0 aliphatic carbocycles. The SMILES string of the molecule is CC(C)[C@@H](OC(=O)[C@H](C)NC(=O)OC(C)(C)C)[C@H](C)OC/C=C/c1ccccc1. The number of esters is 1.